The van der Waals surface area contributed by atoms with Gasteiger partial charge >= 0.3 is 0 Å². The molecule has 0 aliphatic heterocycles. The van der Waals surface area contributed by atoms with E-state index in [2.05, 4.69) is 21.3 Å². The number of nitrogens with one attached hydrogen (secondary N) is 1. The van der Waals surface area contributed by atoms with Crippen molar-refractivity contribution >= 4 is 11.5 Å². The normalized spacial score (nSPS) is 16.1. The summed E-state index contributed by atoms with van der Waals surface area (Å²) < 4.78 is 0. The minimum absolute atomic E-state index is 0.660. The quantitative estimate of drug-likeness (QED) is 0.793. The maximum Gasteiger partial charge on any atom is 0.126 e. The molecule has 14 heavy (non-hydrogen) atoms. The van der Waals surface area contributed by atoms with Gasteiger partial charge in [-0.05, 0) is 31.4 Å². The van der Waals surface area contributed by atoms with Gasteiger partial charge in [0.1, 0.15) is 5.82 Å². The summed E-state index contributed by atoms with van der Waals surface area (Å²) in [6, 6.07) is 4.80. The summed E-state index contributed by atoms with van der Waals surface area (Å²) in [5.41, 5.74) is 1.14. The van der Waals surface area contributed by atoms with E-state index in [-0.39, 0.29) is 0 Å². The summed E-state index contributed by atoms with van der Waals surface area (Å²) in [6.45, 7) is 0. The van der Waals surface area contributed by atoms with E-state index < -0.39 is 0 Å². The molecular weight excluding hydrogens is 174 g/mol. The molecule has 1 heterocycles. The van der Waals surface area contributed by atoms with Crippen LogP contribution >= 0.6 is 0 Å². The van der Waals surface area contributed by atoms with Crippen LogP contribution in [0.25, 0.3) is 0 Å². The van der Waals surface area contributed by atoms with Crippen LogP contribution in [0.4, 0.5) is 11.5 Å². The lowest BCUT2D eigenvalue weighted by molar-refractivity contribution is 0.444. The number of pyridine rings is 1. The third-order valence-electron chi connectivity index (χ3n) is 2.72. The molecule has 0 spiro atoms. The van der Waals surface area contributed by atoms with Crippen molar-refractivity contribution in [3.05, 3.63) is 18.3 Å². The van der Waals surface area contributed by atoms with Gasteiger partial charge in [0.15, 0.2) is 0 Å². The summed E-state index contributed by atoms with van der Waals surface area (Å²) in [5.74, 6) is 1.00. The second-order valence-electron chi connectivity index (χ2n) is 4.07. The van der Waals surface area contributed by atoms with Crippen LogP contribution in [0.15, 0.2) is 18.3 Å². The Kier molecular flexibility index (Phi) is 2.57. The lowest BCUT2D eigenvalue weighted by Gasteiger charge is -2.27. The van der Waals surface area contributed by atoms with Gasteiger partial charge in [-0.25, -0.2) is 4.98 Å². The molecule has 0 atom stereocenters. The molecule has 0 unspecified atom stereocenters. The van der Waals surface area contributed by atoms with Gasteiger partial charge in [0, 0.05) is 20.1 Å². The summed E-state index contributed by atoms with van der Waals surface area (Å²) >= 11 is 0. The van der Waals surface area contributed by atoms with Crippen molar-refractivity contribution < 1.29 is 0 Å². The Morgan fingerprint density at radius 1 is 1.36 bits per heavy atom. The molecule has 0 aromatic carbocycles. The Labute approximate surface area is 85.1 Å². The topological polar surface area (TPSA) is 28.2 Å². The fraction of sp³-hybridized carbons (Fsp3) is 0.545. The number of hydrogen-bond donors (Lipinski definition) is 1. The van der Waals surface area contributed by atoms with Crippen molar-refractivity contribution in [2.75, 3.05) is 24.3 Å². The third kappa shape index (κ3) is 1.97. The van der Waals surface area contributed by atoms with Gasteiger partial charge in [0.25, 0.3) is 0 Å². The van der Waals surface area contributed by atoms with Gasteiger partial charge in [0.2, 0.25) is 0 Å². The Bertz CT molecular complexity index is 288. The molecule has 1 fully saturated rings. The van der Waals surface area contributed by atoms with Crippen LogP contribution in [-0.2, 0) is 0 Å². The van der Waals surface area contributed by atoms with Crippen LogP contribution in [0.2, 0.25) is 0 Å². The summed E-state index contributed by atoms with van der Waals surface area (Å²) in [4.78, 5) is 6.42. The zero-order valence-electron chi connectivity index (χ0n) is 8.83. The van der Waals surface area contributed by atoms with E-state index in [1.165, 1.54) is 19.3 Å². The molecule has 0 saturated heterocycles. The predicted molar refractivity (Wildman–Crippen MR) is 59.8 cm³/mol. The van der Waals surface area contributed by atoms with Gasteiger partial charge in [-0.1, -0.05) is 0 Å². The van der Waals surface area contributed by atoms with Crippen LogP contribution in [0.3, 0.4) is 0 Å². The molecule has 0 amide bonds. The van der Waals surface area contributed by atoms with Crippen molar-refractivity contribution in [1.29, 1.82) is 0 Å². The van der Waals surface area contributed by atoms with Gasteiger partial charge in [-0.15, -0.1) is 0 Å². The van der Waals surface area contributed by atoms with E-state index in [0.717, 1.165) is 11.5 Å². The first kappa shape index (κ1) is 9.31. The maximum atomic E-state index is 4.37. The van der Waals surface area contributed by atoms with Gasteiger partial charge in [-0.2, -0.15) is 0 Å². The number of aromatic nitrogens is 1. The van der Waals surface area contributed by atoms with Gasteiger partial charge < -0.3 is 10.2 Å². The lowest BCUT2D eigenvalue weighted by atomic mass is 9.93. The molecule has 0 radical (unpaired) electrons. The van der Waals surface area contributed by atoms with Crippen LogP contribution in [0.1, 0.15) is 19.3 Å². The molecule has 1 aromatic heterocycles. The van der Waals surface area contributed by atoms with Crippen LogP contribution in [-0.4, -0.2) is 25.1 Å². The highest BCUT2D eigenvalue weighted by Crippen LogP contribution is 2.22. The monoisotopic (exact) mass is 191 g/mol. The maximum absolute atomic E-state index is 4.37. The highest BCUT2D eigenvalue weighted by Gasteiger charge is 2.16. The van der Waals surface area contributed by atoms with E-state index in [1.54, 1.807) is 0 Å². The Hall–Kier alpha value is -1.25. The third-order valence-corrected chi connectivity index (χ3v) is 2.72. The molecule has 1 aliphatic carbocycles. The standard InChI is InChI=1S/C11H17N3/c1-14(2)10-6-7-11(12-8-10)13-9-4-3-5-9/h6-9H,3-5H2,1-2H3,(H,12,13). The molecule has 1 aliphatic rings. The summed E-state index contributed by atoms with van der Waals surface area (Å²) in [7, 11) is 4.05. The largest absolute Gasteiger partial charge is 0.376 e. The molecule has 0 bridgehead atoms. The number of hydrogen-bond acceptors (Lipinski definition) is 3. The molecule has 3 nitrogen and oxygen atoms in total. The average molecular weight is 191 g/mol. The summed E-state index contributed by atoms with van der Waals surface area (Å²) in [6.07, 6.45) is 5.84. The number of nitrogens with zero attached hydrogens (tertiary/aromatic N) is 2. The van der Waals surface area contributed by atoms with E-state index in [9.17, 15) is 0 Å². The van der Waals surface area contributed by atoms with Crippen LogP contribution < -0.4 is 10.2 Å². The molecular formula is C11H17N3. The van der Waals surface area contributed by atoms with Crippen LogP contribution in [0, 0.1) is 0 Å². The van der Waals surface area contributed by atoms with E-state index in [0.29, 0.717) is 6.04 Å². The van der Waals surface area contributed by atoms with Gasteiger partial charge in [-0.3, -0.25) is 0 Å². The van der Waals surface area contributed by atoms with E-state index in [1.807, 2.05) is 26.4 Å². The molecule has 76 valence electrons. The zero-order valence-corrected chi connectivity index (χ0v) is 8.83. The Morgan fingerprint density at radius 2 is 2.14 bits per heavy atom. The second kappa shape index (κ2) is 3.86. The first-order valence-electron chi connectivity index (χ1n) is 5.15. The minimum atomic E-state index is 0.660. The highest BCUT2D eigenvalue weighted by molar-refractivity contribution is 5.48. The van der Waals surface area contributed by atoms with Crippen molar-refractivity contribution in [1.82, 2.24) is 4.98 Å². The zero-order chi connectivity index (χ0) is 9.97. The SMILES string of the molecule is CN(C)c1ccc(NC2CCC2)nc1. The van der Waals surface area contributed by atoms with Gasteiger partial charge in [0.05, 0.1) is 11.9 Å². The number of rotatable bonds is 3. The van der Waals surface area contributed by atoms with Crippen LogP contribution in [0.5, 0.6) is 0 Å². The predicted octanol–water partition coefficient (Wildman–Crippen LogP) is 2.11. The fourth-order valence-electron chi connectivity index (χ4n) is 1.50. The van der Waals surface area contributed by atoms with Crippen molar-refractivity contribution in [3.8, 4) is 0 Å². The van der Waals surface area contributed by atoms with Crippen molar-refractivity contribution in [2.45, 2.75) is 25.3 Å². The van der Waals surface area contributed by atoms with Crippen molar-refractivity contribution in [2.24, 2.45) is 0 Å². The first-order valence-corrected chi connectivity index (χ1v) is 5.15. The van der Waals surface area contributed by atoms with E-state index >= 15 is 0 Å². The minimum Gasteiger partial charge on any atom is -0.376 e. The molecule has 1 N–H and O–H groups in total. The second-order valence-corrected chi connectivity index (χ2v) is 4.07. The highest BCUT2D eigenvalue weighted by atomic mass is 15.1. The smallest absolute Gasteiger partial charge is 0.126 e. The fourth-order valence-corrected chi connectivity index (χ4v) is 1.50. The Morgan fingerprint density at radius 3 is 2.57 bits per heavy atom. The van der Waals surface area contributed by atoms with Crippen molar-refractivity contribution in [3.63, 3.8) is 0 Å². The summed E-state index contributed by atoms with van der Waals surface area (Å²) in [5, 5.41) is 3.41. The molecule has 3 heteroatoms. The molecule has 1 aromatic rings. The molecule has 1 saturated carbocycles. The lowest BCUT2D eigenvalue weighted by Crippen LogP contribution is -2.27. The average Bonchev–Trinajstić information content (AvgIpc) is 2.12. The Balaban J connectivity index is 1.98. The van der Waals surface area contributed by atoms with E-state index in [4.69, 9.17) is 0 Å². The first-order chi connectivity index (χ1) is 6.75. The molecule has 2 rings (SSSR count). The number of anilines is 2.